The van der Waals surface area contributed by atoms with Crippen molar-refractivity contribution in [3.8, 4) is 0 Å². The van der Waals surface area contributed by atoms with Gasteiger partial charge in [0.15, 0.2) is 0 Å². The summed E-state index contributed by atoms with van der Waals surface area (Å²) < 4.78 is 32.1. The molecule has 1 saturated heterocycles. The van der Waals surface area contributed by atoms with Gasteiger partial charge in [-0.15, -0.1) is 0 Å². The molecule has 2 rings (SSSR count). The molecule has 23 heavy (non-hydrogen) atoms. The molecule has 0 aliphatic carbocycles. The monoisotopic (exact) mass is 360 g/mol. The lowest BCUT2D eigenvalue weighted by molar-refractivity contribution is 0.0600. The number of hydrogen-bond donors (Lipinski definition) is 1. The van der Waals surface area contributed by atoms with Crippen molar-refractivity contribution < 1.29 is 17.9 Å². The number of hydrogen-bond acceptors (Lipinski definition) is 5. The summed E-state index contributed by atoms with van der Waals surface area (Å²) in [5.74, 6) is -0.554. The van der Waals surface area contributed by atoms with E-state index in [0.717, 1.165) is 13.0 Å². The number of halogens is 1. The topological polar surface area (TPSA) is 75.7 Å². The molecule has 0 amide bonds. The van der Waals surface area contributed by atoms with Crippen molar-refractivity contribution >= 4 is 27.6 Å². The van der Waals surface area contributed by atoms with E-state index in [0.29, 0.717) is 19.5 Å². The standard InChI is InChI=1S/C15H21ClN2O4S/c1-3-8-18(12-6-7-17-10-12)23(20,21)14-5-4-11(9-13(14)16)15(19)22-2/h4-5,9,12,17H,3,6-8,10H2,1-2H3. The van der Waals surface area contributed by atoms with E-state index in [-0.39, 0.29) is 21.5 Å². The molecule has 6 nitrogen and oxygen atoms in total. The molecular weight excluding hydrogens is 340 g/mol. The van der Waals surface area contributed by atoms with Gasteiger partial charge in [0.05, 0.1) is 17.7 Å². The normalized spacial score (nSPS) is 18.3. The number of nitrogens with one attached hydrogen (secondary N) is 1. The van der Waals surface area contributed by atoms with E-state index in [4.69, 9.17) is 11.6 Å². The van der Waals surface area contributed by atoms with Crippen LogP contribution in [0.4, 0.5) is 0 Å². The minimum absolute atomic E-state index is 0.0205. The molecule has 1 aromatic rings. The van der Waals surface area contributed by atoms with Gasteiger partial charge in [0.2, 0.25) is 10.0 Å². The summed E-state index contributed by atoms with van der Waals surface area (Å²) in [6.07, 6.45) is 1.49. The molecular formula is C15H21ClN2O4S. The zero-order chi connectivity index (χ0) is 17.0. The van der Waals surface area contributed by atoms with Crippen LogP contribution in [-0.2, 0) is 14.8 Å². The average molecular weight is 361 g/mol. The number of ether oxygens (including phenoxy) is 1. The van der Waals surface area contributed by atoms with E-state index >= 15 is 0 Å². The van der Waals surface area contributed by atoms with Gasteiger partial charge in [0.25, 0.3) is 0 Å². The number of rotatable bonds is 6. The van der Waals surface area contributed by atoms with Crippen molar-refractivity contribution in [3.05, 3.63) is 28.8 Å². The van der Waals surface area contributed by atoms with Gasteiger partial charge in [0.1, 0.15) is 4.90 Å². The summed E-state index contributed by atoms with van der Waals surface area (Å²) >= 11 is 6.14. The summed E-state index contributed by atoms with van der Waals surface area (Å²) in [6.45, 7) is 3.81. The fourth-order valence-electron chi connectivity index (χ4n) is 2.69. The lowest BCUT2D eigenvalue weighted by Crippen LogP contribution is -2.42. The van der Waals surface area contributed by atoms with Crippen molar-refractivity contribution in [1.29, 1.82) is 0 Å². The van der Waals surface area contributed by atoms with Gasteiger partial charge in [-0.1, -0.05) is 18.5 Å². The second-order valence-electron chi connectivity index (χ2n) is 5.40. The van der Waals surface area contributed by atoms with Crippen molar-refractivity contribution in [2.45, 2.75) is 30.7 Å². The largest absolute Gasteiger partial charge is 0.465 e. The first-order valence-electron chi connectivity index (χ1n) is 7.52. The van der Waals surface area contributed by atoms with Crippen molar-refractivity contribution in [3.63, 3.8) is 0 Å². The summed E-state index contributed by atoms with van der Waals surface area (Å²) in [5.41, 5.74) is 0.223. The number of methoxy groups -OCH3 is 1. The molecule has 1 heterocycles. The number of sulfonamides is 1. The Kier molecular flexibility index (Phi) is 6.02. The molecule has 1 unspecified atom stereocenters. The Labute approximate surface area is 141 Å². The highest BCUT2D eigenvalue weighted by molar-refractivity contribution is 7.89. The summed E-state index contributed by atoms with van der Waals surface area (Å²) in [6, 6.07) is 4.05. The van der Waals surface area contributed by atoms with Gasteiger partial charge in [-0.3, -0.25) is 0 Å². The fourth-order valence-corrected chi connectivity index (χ4v) is 4.95. The molecule has 0 saturated carbocycles. The number of benzene rings is 1. The Balaban J connectivity index is 2.38. The van der Waals surface area contributed by atoms with E-state index in [1.54, 1.807) is 0 Å². The van der Waals surface area contributed by atoms with Crippen LogP contribution in [-0.4, -0.2) is 51.5 Å². The van der Waals surface area contributed by atoms with Gasteiger partial charge in [-0.25, -0.2) is 13.2 Å². The third kappa shape index (κ3) is 3.85. The van der Waals surface area contributed by atoms with Crippen LogP contribution in [0.2, 0.25) is 5.02 Å². The van der Waals surface area contributed by atoms with Crippen LogP contribution < -0.4 is 5.32 Å². The lowest BCUT2D eigenvalue weighted by atomic mass is 10.2. The molecule has 1 aliphatic rings. The molecule has 0 bridgehead atoms. The van der Waals surface area contributed by atoms with Crippen molar-refractivity contribution in [2.24, 2.45) is 0 Å². The van der Waals surface area contributed by atoms with Crippen LogP contribution >= 0.6 is 11.6 Å². The van der Waals surface area contributed by atoms with Crippen LogP contribution in [0, 0.1) is 0 Å². The molecule has 1 fully saturated rings. The Morgan fingerprint density at radius 3 is 2.74 bits per heavy atom. The van der Waals surface area contributed by atoms with E-state index < -0.39 is 16.0 Å². The van der Waals surface area contributed by atoms with Gasteiger partial charge >= 0.3 is 5.97 Å². The highest BCUT2D eigenvalue weighted by atomic mass is 35.5. The van der Waals surface area contributed by atoms with Crippen LogP contribution in [0.25, 0.3) is 0 Å². The molecule has 1 aromatic carbocycles. The summed E-state index contributed by atoms with van der Waals surface area (Å²) in [7, 11) is -2.46. The zero-order valence-corrected chi connectivity index (χ0v) is 14.8. The second-order valence-corrected chi connectivity index (χ2v) is 7.67. The SMILES string of the molecule is CCCN(C1CCNC1)S(=O)(=O)c1ccc(C(=O)OC)cc1Cl. The third-order valence-corrected chi connectivity index (χ3v) is 6.26. The van der Waals surface area contributed by atoms with Crippen molar-refractivity contribution in [1.82, 2.24) is 9.62 Å². The van der Waals surface area contributed by atoms with E-state index in [1.807, 2.05) is 6.92 Å². The number of carbonyl (C=O) groups excluding carboxylic acids is 1. The maximum absolute atomic E-state index is 13.0. The molecule has 8 heteroatoms. The molecule has 0 spiro atoms. The molecule has 1 N–H and O–H groups in total. The molecule has 0 radical (unpaired) electrons. The van der Waals surface area contributed by atoms with Crippen LogP contribution in [0.15, 0.2) is 23.1 Å². The Morgan fingerprint density at radius 2 is 2.22 bits per heavy atom. The van der Waals surface area contributed by atoms with E-state index in [2.05, 4.69) is 10.1 Å². The minimum Gasteiger partial charge on any atom is -0.465 e. The zero-order valence-electron chi connectivity index (χ0n) is 13.2. The van der Waals surface area contributed by atoms with E-state index in [9.17, 15) is 13.2 Å². The number of carbonyl (C=O) groups is 1. The first-order chi connectivity index (χ1) is 10.9. The van der Waals surface area contributed by atoms with Crippen molar-refractivity contribution in [2.75, 3.05) is 26.7 Å². The molecule has 128 valence electrons. The number of esters is 1. The van der Waals surface area contributed by atoms with Crippen LogP contribution in [0.3, 0.4) is 0 Å². The predicted octanol–water partition coefficient (Wildman–Crippen LogP) is 1.89. The Bertz CT molecular complexity index is 672. The second kappa shape index (κ2) is 7.61. The van der Waals surface area contributed by atoms with Gasteiger partial charge in [0, 0.05) is 19.1 Å². The first kappa shape index (κ1) is 18.2. The first-order valence-corrected chi connectivity index (χ1v) is 9.34. The Morgan fingerprint density at radius 1 is 1.48 bits per heavy atom. The maximum Gasteiger partial charge on any atom is 0.337 e. The lowest BCUT2D eigenvalue weighted by Gasteiger charge is -2.27. The quantitative estimate of drug-likeness (QED) is 0.784. The minimum atomic E-state index is -3.72. The smallest absolute Gasteiger partial charge is 0.337 e. The average Bonchev–Trinajstić information content (AvgIpc) is 3.05. The van der Waals surface area contributed by atoms with Gasteiger partial charge in [-0.2, -0.15) is 4.31 Å². The van der Waals surface area contributed by atoms with Gasteiger partial charge < -0.3 is 10.1 Å². The predicted molar refractivity (Wildman–Crippen MR) is 88.2 cm³/mol. The molecule has 1 atom stereocenters. The maximum atomic E-state index is 13.0. The highest BCUT2D eigenvalue weighted by Gasteiger charge is 2.34. The molecule has 0 aromatic heterocycles. The Hall–Kier alpha value is -1.15. The van der Waals surface area contributed by atoms with Crippen LogP contribution in [0.1, 0.15) is 30.1 Å². The van der Waals surface area contributed by atoms with Gasteiger partial charge in [-0.05, 0) is 37.6 Å². The van der Waals surface area contributed by atoms with Crippen LogP contribution in [0.5, 0.6) is 0 Å². The summed E-state index contributed by atoms with van der Waals surface area (Å²) in [4.78, 5) is 11.5. The molecule has 1 aliphatic heterocycles. The fraction of sp³-hybridized carbons (Fsp3) is 0.533. The highest BCUT2D eigenvalue weighted by Crippen LogP contribution is 2.28. The number of nitrogens with zero attached hydrogens (tertiary/aromatic N) is 1. The summed E-state index contributed by atoms with van der Waals surface area (Å²) in [5, 5.41) is 3.21. The third-order valence-electron chi connectivity index (χ3n) is 3.83. The van der Waals surface area contributed by atoms with E-state index in [1.165, 1.54) is 29.6 Å².